The number of imidazole rings is 3. The second-order valence-electron chi connectivity index (χ2n) is 27.3. The molecule has 1 amide bonds. The lowest BCUT2D eigenvalue weighted by atomic mass is 9.73. The summed E-state index contributed by atoms with van der Waals surface area (Å²) in [5, 5.41) is 6.74. The molecule has 0 spiro atoms. The van der Waals surface area contributed by atoms with Gasteiger partial charge in [0.25, 0.3) is 0 Å². The van der Waals surface area contributed by atoms with Crippen molar-refractivity contribution < 1.29 is 38.4 Å². The highest BCUT2D eigenvalue weighted by Crippen LogP contribution is 2.35. The third kappa shape index (κ3) is 23.8. The molecule has 6 rings (SSSR count). The number of amides is 1. The summed E-state index contributed by atoms with van der Waals surface area (Å²) in [6.45, 7) is 47.7. The minimum Gasteiger partial charge on any atom is -0.348 e. The molecule has 3 atom stereocenters. The van der Waals surface area contributed by atoms with Crippen molar-refractivity contribution in [2.45, 2.75) is 203 Å². The monoisotopic (exact) mass is 1170 g/mol. The number of ketones is 7. The van der Waals surface area contributed by atoms with Gasteiger partial charge >= 0.3 is 0 Å². The predicted molar refractivity (Wildman–Crippen MR) is 334 cm³/mol. The van der Waals surface area contributed by atoms with Crippen molar-refractivity contribution in [1.29, 1.82) is 0 Å². The maximum absolute atomic E-state index is 12.4. The van der Waals surface area contributed by atoms with Crippen LogP contribution in [-0.4, -0.2) is 129 Å². The van der Waals surface area contributed by atoms with Crippen LogP contribution in [0.5, 0.6) is 0 Å². The summed E-state index contributed by atoms with van der Waals surface area (Å²) < 4.78 is 0. The molecule has 3 unspecified atom stereocenters. The SMILES string of the molecule is CC(=O)C(C)(C)C(=O)C(C)C.CC(C)(C)C(=O)C(C)(C)c1ccn[nH]1.CC(C)C(=O)C(C)Cc1cnc[nH]1.CC(C)C(=O)C1(C)CCN(CCc2cnc[nH]2)C1=O.CC(C)C(=O)C1CCN(CCc2cnc[nH]2)C1.CCC(C)(C)C(=O)C(C)C. The highest BCUT2D eigenvalue weighted by molar-refractivity contribution is 6.07. The third-order valence-electron chi connectivity index (χ3n) is 16.1. The van der Waals surface area contributed by atoms with E-state index in [1.165, 1.54) is 12.6 Å². The molecule has 0 radical (unpaired) electrons. The van der Waals surface area contributed by atoms with Crippen molar-refractivity contribution in [3.63, 3.8) is 0 Å². The second-order valence-corrected chi connectivity index (χ2v) is 27.3. The van der Waals surface area contributed by atoms with E-state index in [1.807, 2.05) is 137 Å². The minimum absolute atomic E-state index is 0.0185. The maximum Gasteiger partial charge on any atom is 0.236 e. The molecule has 472 valence electrons. The molecule has 0 aliphatic carbocycles. The number of aromatic nitrogens is 8. The third-order valence-corrected chi connectivity index (χ3v) is 16.1. The van der Waals surface area contributed by atoms with Gasteiger partial charge in [0, 0.05) is 139 Å². The van der Waals surface area contributed by atoms with Crippen LogP contribution < -0.4 is 0 Å². The number of carbonyl (C=O) groups excluding carboxylic acids is 8. The molecule has 84 heavy (non-hydrogen) atoms. The Morgan fingerprint density at radius 1 is 0.667 bits per heavy atom. The molecule has 6 heterocycles. The van der Waals surface area contributed by atoms with Crippen LogP contribution in [0, 0.1) is 63.1 Å². The molecular weight excluding hydrogens is 1060 g/mol. The molecule has 2 saturated heterocycles. The number of Topliss-reactive ketones (excluding diaryl/α,β-unsaturated/α-hetero) is 7. The maximum atomic E-state index is 12.4. The van der Waals surface area contributed by atoms with Crippen LogP contribution in [0.25, 0.3) is 0 Å². The molecule has 2 aliphatic heterocycles. The average molecular weight is 1170 g/mol. The van der Waals surface area contributed by atoms with E-state index in [4.69, 9.17) is 0 Å². The Morgan fingerprint density at radius 2 is 1.17 bits per heavy atom. The van der Waals surface area contributed by atoms with Gasteiger partial charge < -0.3 is 24.8 Å². The highest BCUT2D eigenvalue weighted by atomic mass is 16.2. The average Bonchev–Trinajstić information content (AvgIpc) is 4.32. The van der Waals surface area contributed by atoms with Crippen LogP contribution >= 0.6 is 0 Å². The number of nitrogens with zero attached hydrogens (tertiary/aromatic N) is 6. The fraction of sp³-hybridized carbons (Fsp3) is 0.697. The first-order valence-corrected chi connectivity index (χ1v) is 30.4. The van der Waals surface area contributed by atoms with Crippen LogP contribution in [0.2, 0.25) is 0 Å². The topological polar surface area (TPSA) is 258 Å². The van der Waals surface area contributed by atoms with Gasteiger partial charge in [0.15, 0.2) is 5.78 Å². The first-order valence-electron chi connectivity index (χ1n) is 30.4. The van der Waals surface area contributed by atoms with E-state index >= 15 is 0 Å². The summed E-state index contributed by atoms with van der Waals surface area (Å²) in [5.41, 5.74) is 1.53. The zero-order valence-electron chi connectivity index (χ0n) is 55.9. The van der Waals surface area contributed by atoms with Gasteiger partial charge in [0.2, 0.25) is 5.91 Å². The van der Waals surface area contributed by atoms with Crippen LogP contribution in [0.1, 0.15) is 201 Å². The molecule has 18 nitrogen and oxygen atoms in total. The number of hydrogen-bond acceptors (Lipinski definition) is 13. The largest absolute Gasteiger partial charge is 0.348 e. The number of likely N-dealkylation sites (tertiary alicyclic amines) is 2. The molecule has 18 heteroatoms. The molecule has 0 aromatic carbocycles. The Labute approximate surface area is 504 Å². The Kier molecular flexibility index (Phi) is 30.9. The number of H-pyrrole nitrogens is 4. The van der Waals surface area contributed by atoms with E-state index in [1.54, 1.807) is 63.2 Å². The van der Waals surface area contributed by atoms with E-state index in [2.05, 4.69) is 51.9 Å². The van der Waals surface area contributed by atoms with Crippen LogP contribution in [0.15, 0.2) is 49.8 Å². The molecule has 4 aromatic rings. The van der Waals surface area contributed by atoms with Crippen molar-refractivity contribution in [2.24, 2.45) is 63.1 Å². The van der Waals surface area contributed by atoms with E-state index < -0.39 is 16.2 Å². The quantitative estimate of drug-likeness (QED) is 0.0535. The van der Waals surface area contributed by atoms with Gasteiger partial charge in [-0.05, 0) is 79.8 Å². The molecule has 4 N–H and O–H groups in total. The summed E-state index contributed by atoms with van der Waals surface area (Å²) in [4.78, 5) is 119. The number of aromatic amines is 4. The number of nitrogens with one attached hydrogen (secondary N) is 4. The minimum atomic E-state index is -0.817. The summed E-state index contributed by atoms with van der Waals surface area (Å²) in [6, 6.07) is 1.85. The Balaban J connectivity index is 0.000000512. The number of rotatable bonds is 22. The number of carbonyl (C=O) groups is 8. The van der Waals surface area contributed by atoms with Crippen LogP contribution in [0.3, 0.4) is 0 Å². The van der Waals surface area contributed by atoms with Crippen molar-refractivity contribution in [1.82, 2.24) is 49.9 Å². The zero-order chi connectivity index (χ0) is 64.7. The molecule has 0 saturated carbocycles. The molecule has 2 fully saturated rings. The summed E-state index contributed by atoms with van der Waals surface area (Å²) >= 11 is 0. The summed E-state index contributed by atoms with van der Waals surface area (Å²) in [7, 11) is 0. The van der Waals surface area contributed by atoms with E-state index in [0.29, 0.717) is 36.9 Å². The lowest BCUT2D eigenvalue weighted by Crippen LogP contribution is -2.40. The predicted octanol–water partition coefficient (Wildman–Crippen LogP) is 11.5. The van der Waals surface area contributed by atoms with Gasteiger partial charge in [-0.25, -0.2) is 15.0 Å². The van der Waals surface area contributed by atoms with Gasteiger partial charge in [-0.1, -0.05) is 118 Å². The fourth-order valence-corrected chi connectivity index (χ4v) is 10.0. The second kappa shape index (κ2) is 34.2. The van der Waals surface area contributed by atoms with Gasteiger partial charge in [0.05, 0.1) is 29.8 Å². The van der Waals surface area contributed by atoms with E-state index in [0.717, 1.165) is 68.8 Å². The van der Waals surface area contributed by atoms with Crippen molar-refractivity contribution in [3.8, 4) is 0 Å². The Bertz CT molecular complexity index is 2620. The van der Waals surface area contributed by atoms with E-state index in [9.17, 15) is 38.4 Å². The molecular formula is C66H110N10O8. The molecule has 4 aromatic heterocycles. The lowest BCUT2D eigenvalue weighted by Gasteiger charge is -2.29. The summed E-state index contributed by atoms with van der Waals surface area (Å²) in [5.74, 6) is 1.98. The first-order chi connectivity index (χ1) is 38.7. The fourth-order valence-electron chi connectivity index (χ4n) is 10.0. The van der Waals surface area contributed by atoms with Gasteiger partial charge in [-0.15, -0.1) is 0 Å². The van der Waals surface area contributed by atoms with Gasteiger partial charge in [-0.3, -0.25) is 43.5 Å². The lowest BCUT2D eigenvalue weighted by molar-refractivity contribution is -0.145. The zero-order valence-corrected chi connectivity index (χ0v) is 55.9. The Morgan fingerprint density at radius 3 is 1.54 bits per heavy atom. The van der Waals surface area contributed by atoms with Gasteiger partial charge in [0.1, 0.15) is 40.1 Å². The van der Waals surface area contributed by atoms with Crippen molar-refractivity contribution in [3.05, 3.63) is 72.6 Å². The van der Waals surface area contributed by atoms with Crippen molar-refractivity contribution in [2.75, 3.05) is 32.7 Å². The van der Waals surface area contributed by atoms with Gasteiger partial charge in [-0.2, -0.15) is 5.10 Å². The normalized spacial score (nSPS) is 16.8. The van der Waals surface area contributed by atoms with Crippen molar-refractivity contribution >= 4 is 46.4 Å². The van der Waals surface area contributed by atoms with Crippen LogP contribution in [0.4, 0.5) is 0 Å². The summed E-state index contributed by atoms with van der Waals surface area (Å²) in [6.07, 6.45) is 17.1. The first kappa shape index (κ1) is 76.0. The highest BCUT2D eigenvalue weighted by Gasteiger charge is 2.48. The standard InChI is InChI=1S/C14H21N3O2.C13H21N3O.C11H18N2O.C10H16N2O.C9H16O2.C9H18O/c1-10(2)12(18)14(3)5-7-17(13(14)19)6-4-11-8-15-9-16-11;1-10(2)13(17)11-3-5-16(8-11)6-4-12-7-14-9-15-12;1-10(2,3)9(14)11(4,5)8-6-7-12-13-8;1-7(2)10(13)8(3)4-9-5-11-6-12-9;1-6(2)8(11)9(4,5)7(3)10;1-6-9(4,5)8(10)7(2)3/h8-10H,4-7H2,1-3H3,(H,15,16);7,9-11H,3-6,8H2,1-2H3,(H,14,15);6-7H,1-5H3,(H,12,13);5-8H,4H2,1-3H3,(H,11,12);6H,1-5H3;7H,6H2,1-5H3. The smallest absolute Gasteiger partial charge is 0.236 e. The molecule has 0 bridgehead atoms. The van der Waals surface area contributed by atoms with E-state index in [-0.39, 0.29) is 81.3 Å². The van der Waals surface area contributed by atoms with Crippen LogP contribution in [-0.2, 0) is 63.0 Å². The Hall–Kier alpha value is -6.04. The number of hydrogen-bond donors (Lipinski definition) is 4. The molecule has 2 aliphatic rings.